The van der Waals surface area contributed by atoms with Crippen molar-refractivity contribution in [2.24, 2.45) is 0 Å². The van der Waals surface area contributed by atoms with Gasteiger partial charge in [-0.05, 0) is 58.2 Å². The molecule has 2 aromatic heterocycles. The number of aromatic nitrogens is 2. The van der Waals surface area contributed by atoms with Gasteiger partial charge in [0.05, 0.1) is 4.88 Å². The smallest absolute Gasteiger partial charge is 0.374 e. The molecule has 0 N–H and O–H groups in total. The van der Waals surface area contributed by atoms with Crippen LogP contribution in [0.15, 0.2) is 0 Å². The molecule has 2 rings (SSSR count). The third-order valence-electron chi connectivity index (χ3n) is 4.21. The first kappa shape index (κ1) is 17.2. The van der Waals surface area contributed by atoms with Crippen molar-refractivity contribution < 1.29 is 4.65 Å². The van der Waals surface area contributed by atoms with Gasteiger partial charge in [0.25, 0.3) is 0 Å². The molecule has 116 valence electrons. The highest BCUT2D eigenvalue weighted by molar-refractivity contribution is 7.13. The summed E-state index contributed by atoms with van der Waals surface area (Å²) in [6, 6.07) is 2.15. The number of rotatable bonds is 3. The van der Waals surface area contributed by atoms with Crippen LogP contribution in [0.3, 0.4) is 0 Å². The number of hydrogen-bond acceptors (Lipinski definition) is 5. The lowest BCUT2D eigenvalue weighted by Gasteiger charge is -2.11. The highest BCUT2D eigenvalue weighted by Gasteiger charge is 2.21. The van der Waals surface area contributed by atoms with E-state index in [-0.39, 0.29) is 5.57 Å². The summed E-state index contributed by atoms with van der Waals surface area (Å²) in [6.07, 6.45) is 0. The largest absolute Gasteiger partial charge is 0.566 e. The zero-order valence-corrected chi connectivity index (χ0v) is 15.1. The van der Waals surface area contributed by atoms with Gasteiger partial charge in [-0.15, -0.1) is 11.3 Å². The van der Waals surface area contributed by atoms with Crippen LogP contribution in [0.1, 0.15) is 43.7 Å². The van der Waals surface area contributed by atoms with Crippen molar-refractivity contribution in [3.63, 3.8) is 0 Å². The standard InChI is InChI=1S/C17H18BN3OS/c1-8-9(2)16(23-13(8)6)15(22-18)14(7-19)17-20-11(4)10(3)12(5)21-17/h1-6H3. The first-order chi connectivity index (χ1) is 10.8. The van der Waals surface area contributed by atoms with Crippen LogP contribution in [0.25, 0.3) is 11.3 Å². The zero-order chi connectivity index (χ0) is 17.3. The van der Waals surface area contributed by atoms with Gasteiger partial charge in [-0.1, -0.05) is 0 Å². The maximum atomic E-state index is 9.64. The predicted molar refractivity (Wildman–Crippen MR) is 94.0 cm³/mol. The van der Waals surface area contributed by atoms with Crippen molar-refractivity contribution in [2.75, 3.05) is 0 Å². The van der Waals surface area contributed by atoms with Crippen molar-refractivity contribution in [2.45, 2.75) is 41.5 Å². The van der Waals surface area contributed by atoms with E-state index in [9.17, 15) is 5.26 Å². The molecule has 0 unspecified atom stereocenters. The van der Waals surface area contributed by atoms with Crippen LogP contribution in [0.2, 0.25) is 0 Å². The van der Waals surface area contributed by atoms with E-state index in [0.29, 0.717) is 11.6 Å². The number of hydrogen-bond donors (Lipinski definition) is 0. The van der Waals surface area contributed by atoms with Crippen LogP contribution >= 0.6 is 11.3 Å². The van der Waals surface area contributed by atoms with Crippen molar-refractivity contribution in [1.29, 1.82) is 5.26 Å². The van der Waals surface area contributed by atoms with Gasteiger partial charge in [0.1, 0.15) is 17.4 Å². The lowest BCUT2D eigenvalue weighted by molar-refractivity contribution is 0.576. The summed E-state index contributed by atoms with van der Waals surface area (Å²) in [5.41, 5.74) is 5.18. The molecule has 0 aliphatic rings. The van der Waals surface area contributed by atoms with E-state index in [1.54, 1.807) is 11.3 Å². The molecule has 0 aliphatic heterocycles. The SMILES string of the molecule is [B]OC(=C(C#N)c1nc(C)c(C)c(C)n1)c1sc(C)c(C)c1C. The molecule has 2 aromatic rings. The van der Waals surface area contributed by atoms with Crippen LogP contribution in [0.5, 0.6) is 0 Å². The fourth-order valence-corrected chi connectivity index (χ4v) is 3.43. The Hall–Kier alpha value is -2.13. The summed E-state index contributed by atoms with van der Waals surface area (Å²) in [4.78, 5) is 10.9. The van der Waals surface area contributed by atoms with Gasteiger partial charge >= 0.3 is 8.05 Å². The average molecular weight is 323 g/mol. The van der Waals surface area contributed by atoms with E-state index in [4.69, 9.17) is 12.7 Å². The van der Waals surface area contributed by atoms with Crippen molar-refractivity contribution in [3.8, 4) is 6.07 Å². The molecule has 0 amide bonds. The van der Waals surface area contributed by atoms with E-state index in [1.807, 2.05) is 41.5 Å². The Kier molecular flexibility index (Phi) is 4.91. The number of nitrogens with zero attached hydrogens (tertiary/aromatic N) is 3. The maximum Gasteiger partial charge on any atom is 0.374 e. The number of nitriles is 1. The molecule has 2 heterocycles. The van der Waals surface area contributed by atoms with Crippen LogP contribution < -0.4 is 0 Å². The van der Waals surface area contributed by atoms with Crippen LogP contribution in [-0.4, -0.2) is 18.0 Å². The van der Waals surface area contributed by atoms with E-state index in [1.165, 1.54) is 10.4 Å². The van der Waals surface area contributed by atoms with Gasteiger partial charge in [0.15, 0.2) is 5.82 Å². The first-order valence-electron chi connectivity index (χ1n) is 7.22. The van der Waals surface area contributed by atoms with Gasteiger partial charge in [0.2, 0.25) is 0 Å². The molecule has 0 bridgehead atoms. The Morgan fingerprint density at radius 3 is 1.96 bits per heavy atom. The highest BCUT2D eigenvalue weighted by Crippen LogP contribution is 2.36. The lowest BCUT2D eigenvalue weighted by Crippen LogP contribution is -2.04. The molecule has 6 heteroatoms. The van der Waals surface area contributed by atoms with Gasteiger partial charge in [0, 0.05) is 16.3 Å². The molecule has 0 atom stereocenters. The summed E-state index contributed by atoms with van der Waals surface area (Å²) in [6.45, 7) is 11.8. The van der Waals surface area contributed by atoms with Crippen molar-refractivity contribution in [1.82, 2.24) is 9.97 Å². The topological polar surface area (TPSA) is 58.8 Å². The molecule has 0 aliphatic carbocycles. The summed E-state index contributed by atoms with van der Waals surface area (Å²) in [5.74, 6) is 0.672. The number of aryl methyl sites for hydroxylation is 3. The van der Waals surface area contributed by atoms with Gasteiger partial charge in [-0.2, -0.15) is 5.26 Å². The Bertz CT molecular complexity index is 823. The van der Waals surface area contributed by atoms with Gasteiger partial charge in [-0.25, -0.2) is 9.97 Å². The molecular weight excluding hydrogens is 305 g/mol. The van der Waals surface area contributed by atoms with E-state index >= 15 is 0 Å². The minimum absolute atomic E-state index is 0.253. The lowest BCUT2D eigenvalue weighted by atomic mass is 10.1. The Morgan fingerprint density at radius 1 is 1.00 bits per heavy atom. The molecule has 0 fully saturated rings. The summed E-state index contributed by atoms with van der Waals surface area (Å²) >= 11 is 1.55. The molecule has 2 radical (unpaired) electrons. The average Bonchev–Trinajstić information content (AvgIpc) is 2.77. The molecule has 4 nitrogen and oxygen atoms in total. The predicted octanol–water partition coefficient (Wildman–Crippen LogP) is 3.88. The summed E-state index contributed by atoms with van der Waals surface area (Å²) in [7, 11) is 5.49. The van der Waals surface area contributed by atoms with Crippen LogP contribution in [0.4, 0.5) is 0 Å². The number of thiophene rings is 1. The molecule has 0 saturated heterocycles. The Labute approximate surface area is 142 Å². The fraction of sp³-hybridized carbons (Fsp3) is 0.353. The second kappa shape index (κ2) is 6.55. The summed E-state index contributed by atoms with van der Waals surface area (Å²) in [5, 5.41) is 9.64. The zero-order valence-electron chi connectivity index (χ0n) is 14.2. The van der Waals surface area contributed by atoms with Gasteiger partial charge in [-0.3, -0.25) is 0 Å². The number of allylic oxidation sites excluding steroid dienone is 1. The second-order valence-corrected chi connectivity index (χ2v) is 6.74. The molecular formula is C17H18BN3OS. The monoisotopic (exact) mass is 323 g/mol. The quantitative estimate of drug-likeness (QED) is 0.488. The van der Waals surface area contributed by atoms with Gasteiger partial charge < -0.3 is 4.65 Å². The third-order valence-corrected chi connectivity index (χ3v) is 5.51. The Balaban J connectivity index is 2.75. The molecule has 23 heavy (non-hydrogen) atoms. The van der Waals surface area contributed by atoms with Crippen molar-refractivity contribution in [3.05, 3.63) is 43.7 Å². The van der Waals surface area contributed by atoms with E-state index in [0.717, 1.165) is 27.4 Å². The normalized spacial score (nSPS) is 11.9. The second-order valence-electron chi connectivity index (χ2n) is 5.51. The first-order valence-corrected chi connectivity index (χ1v) is 8.03. The van der Waals surface area contributed by atoms with E-state index in [2.05, 4.69) is 16.0 Å². The summed E-state index contributed by atoms with van der Waals surface area (Å²) < 4.78 is 5.09. The maximum absolute atomic E-state index is 9.64. The highest BCUT2D eigenvalue weighted by atomic mass is 32.1. The van der Waals surface area contributed by atoms with Crippen LogP contribution in [-0.2, 0) is 4.65 Å². The molecule has 0 saturated carbocycles. The molecule has 0 spiro atoms. The fourth-order valence-electron chi connectivity index (χ4n) is 2.27. The van der Waals surface area contributed by atoms with E-state index < -0.39 is 0 Å². The third kappa shape index (κ3) is 3.02. The minimum atomic E-state index is 0.253. The van der Waals surface area contributed by atoms with Crippen molar-refractivity contribution >= 4 is 30.7 Å². The van der Waals surface area contributed by atoms with Crippen LogP contribution in [0, 0.1) is 52.9 Å². The Morgan fingerprint density at radius 2 is 1.57 bits per heavy atom. The molecule has 0 aromatic carbocycles. The minimum Gasteiger partial charge on any atom is -0.566 e.